The Balaban J connectivity index is 2.42. The van der Waals surface area contributed by atoms with E-state index in [1.807, 2.05) is 0 Å². The van der Waals surface area contributed by atoms with Crippen molar-refractivity contribution in [2.75, 3.05) is 10.6 Å². The second-order valence-electron chi connectivity index (χ2n) is 4.18. The molecule has 4 heteroatoms. The van der Waals surface area contributed by atoms with E-state index in [-0.39, 0.29) is 23.7 Å². The maximum Gasteiger partial charge on any atom is 0.237 e. The molecule has 0 spiro atoms. The minimum absolute atomic E-state index is 0.150. The molecule has 2 unspecified atom stereocenters. The molecule has 0 aromatic heterocycles. The van der Waals surface area contributed by atoms with Crippen LogP contribution in [-0.2, 0) is 9.59 Å². The highest BCUT2D eigenvalue weighted by Crippen LogP contribution is 2.30. The summed E-state index contributed by atoms with van der Waals surface area (Å²) in [6, 6.07) is 6.82. The van der Waals surface area contributed by atoms with Gasteiger partial charge in [-0.05, 0) is 18.2 Å². The van der Waals surface area contributed by atoms with E-state index in [1.54, 1.807) is 38.1 Å². The molecule has 1 aliphatic rings. The van der Waals surface area contributed by atoms with Crippen LogP contribution in [0.2, 0.25) is 0 Å². The van der Waals surface area contributed by atoms with Crippen LogP contribution in [0.25, 0.3) is 0 Å². The summed E-state index contributed by atoms with van der Waals surface area (Å²) in [6.07, 6.45) is 0. The van der Waals surface area contributed by atoms with E-state index in [2.05, 4.69) is 0 Å². The Morgan fingerprint density at radius 1 is 1.12 bits per heavy atom. The lowest BCUT2D eigenvalue weighted by Crippen LogP contribution is -2.30. The molecule has 1 aliphatic heterocycles. The summed E-state index contributed by atoms with van der Waals surface area (Å²) in [6.45, 7) is 3.55. The van der Waals surface area contributed by atoms with Gasteiger partial charge in [-0.25, -0.2) is 4.90 Å². The van der Waals surface area contributed by atoms with Gasteiger partial charge in [-0.1, -0.05) is 19.9 Å². The number of carbonyl (C=O) groups excluding carboxylic acids is 2. The molecule has 2 rings (SSSR count). The summed E-state index contributed by atoms with van der Waals surface area (Å²) < 4.78 is 0. The van der Waals surface area contributed by atoms with Gasteiger partial charge >= 0.3 is 0 Å². The largest absolute Gasteiger partial charge is 0.399 e. The molecule has 0 aliphatic carbocycles. The normalized spacial score (nSPS) is 25.2. The lowest BCUT2D eigenvalue weighted by molar-refractivity contribution is -0.122. The number of amides is 2. The Kier molecular flexibility index (Phi) is 2.42. The lowest BCUT2D eigenvalue weighted by atomic mass is 10.00. The van der Waals surface area contributed by atoms with Crippen LogP contribution < -0.4 is 10.6 Å². The van der Waals surface area contributed by atoms with Gasteiger partial charge in [0.05, 0.1) is 5.69 Å². The van der Waals surface area contributed by atoms with Crippen molar-refractivity contribution in [3.05, 3.63) is 24.3 Å². The molecule has 1 aromatic carbocycles. The van der Waals surface area contributed by atoms with Gasteiger partial charge < -0.3 is 5.73 Å². The molecule has 1 heterocycles. The first-order chi connectivity index (χ1) is 7.52. The summed E-state index contributed by atoms with van der Waals surface area (Å²) in [5, 5.41) is 0. The van der Waals surface area contributed by atoms with Gasteiger partial charge in [-0.15, -0.1) is 0 Å². The molecule has 1 saturated heterocycles. The predicted octanol–water partition coefficient (Wildman–Crippen LogP) is 1.41. The van der Waals surface area contributed by atoms with Crippen molar-refractivity contribution < 1.29 is 9.59 Å². The standard InChI is InChI=1S/C12H14N2O2/c1-7-8(2)12(16)14(11(7)15)10-5-3-4-9(13)6-10/h3-8H,13H2,1-2H3. The van der Waals surface area contributed by atoms with Crippen LogP contribution in [0.3, 0.4) is 0 Å². The molecule has 84 valence electrons. The van der Waals surface area contributed by atoms with E-state index in [0.717, 1.165) is 0 Å². The fourth-order valence-corrected chi connectivity index (χ4v) is 1.86. The fraction of sp³-hybridized carbons (Fsp3) is 0.333. The van der Waals surface area contributed by atoms with Crippen LogP contribution in [0.15, 0.2) is 24.3 Å². The highest BCUT2D eigenvalue weighted by molar-refractivity contribution is 6.21. The van der Waals surface area contributed by atoms with Crippen LogP contribution in [-0.4, -0.2) is 11.8 Å². The van der Waals surface area contributed by atoms with Crippen molar-refractivity contribution in [2.45, 2.75) is 13.8 Å². The molecule has 1 fully saturated rings. The van der Waals surface area contributed by atoms with Gasteiger partial charge in [0.1, 0.15) is 0 Å². The van der Waals surface area contributed by atoms with Gasteiger partial charge in [0, 0.05) is 17.5 Å². The molecule has 2 N–H and O–H groups in total. The second-order valence-corrected chi connectivity index (χ2v) is 4.18. The molecule has 0 saturated carbocycles. The van der Waals surface area contributed by atoms with E-state index in [4.69, 9.17) is 5.73 Å². The van der Waals surface area contributed by atoms with Gasteiger partial charge in [-0.2, -0.15) is 0 Å². The summed E-state index contributed by atoms with van der Waals surface area (Å²) in [5.74, 6) is -0.811. The highest BCUT2D eigenvalue weighted by Gasteiger charge is 2.42. The summed E-state index contributed by atoms with van der Waals surface area (Å²) in [7, 11) is 0. The van der Waals surface area contributed by atoms with Gasteiger partial charge in [0.25, 0.3) is 0 Å². The van der Waals surface area contributed by atoms with Crippen LogP contribution >= 0.6 is 0 Å². The van der Waals surface area contributed by atoms with Crippen molar-refractivity contribution in [3.8, 4) is 0 Å². The van der Waals surface area contributed by atoms with Gasteiger partial charge in [0.2, 0.25) is 11.8 Å². The molecule has 0 radical (unpaired) electrons. The number of benzene rings is 1. The zero-order chi connectivity index (χ0) is 11.9. The Labute approximate surface area is 94.0 Å². The van der Waals surface area contributed by atoms with E-state index in [1.165, 1.54) is 4.90 Å². The number of imide groups is 1. The van der Waals surface area contributed by atoms with Gasteiger partial charge in [0.15, 0.2) is 0 Å². The summed E-state index contributed by atoms with van der Waals surface area (Å²) in [4.78, 5) is 25.0. The highest BCUT2D eigenvalue weighted by atomic mass is 16.2. The third-order valence-corrected chi connectivity index (χ3v) is 3.10. The quantitative estimate of drug-likeness (QED) is 0.572. The number of nitrogens with two attached hydrogens (primary N) is 1. The second kappa shape index (κ2) is 3.63. The maximum atomic E-state index is 11.9. The Morgan fingerprint density at radius 3 is 2.19 bits per heavy atom. The SMILES string of the molecule is CC1C(=O)N(c2cccc(N)c2)C(=O)C1C. The number of hydrogen-bond acceptors (Lipinski definition) is 3. The average Bonchev–Trinajstić information content (AvgIpc) is 2.44. The van der Waals surface area contributed by atoms with Crippen molar-refractivity contribution in [2.24, 2.45) is 11.8 Å². The zero-order valence-electron chi connectivity index (χ0n) is 9.31. The summed E-state index contributed by atoms with van der Waals surface area (Å²) in [5.41, 5.74) is 6.75. The van der Waals surface area contributed by atoms with Crippen molar-refractivity contribution in [3.63, 3.8) is 0 Å². The third kappa shape index (κ3) is 1.46. The number of nitrogens with zero attached hydrogens (tertiary/aromatic N) is 1. The van der Waals surface area contributed by atoms with E-state index in [0.29, 0.717) is 11.4 Å². The van der Waals surface area contributed by atoms with Crippen LogP contribution in [0.4, 0.5) is 11.4 Å². The molecule has 4 nitrogen and oxygen atoms in total. The van der Waals surface area contributed by atoms with Crippen LogP contribution in [0, 0.1) is 11.8 Å². The number of rotatable bonds is 1. The minimum Gasteiger partial charge on any atom is -0.399 e. The molecule has 0 bridgehead atoms. The first-order valence-corrected chi connectivity index (χ1v) is 5.25. The molecular weight excluding hydrogens is 204 g/mol. The van der Waals surface area contributed by atoms with Crippen molar-refractivity contribution in [1.82, 2.24) is 0 Å². The summed E-state index contributed by atoms with van der Waals surface area (Å²) >= 11 is 0. The third-order valence-electron chi connectivity index (χ3n) is 3.10. The Hall–Kier alpha value is -1.84. The first-order valence-electron chi connectivity index (χ1n) is 5.25. The minimum atomic E-state index is -0.256. The molecular formula is C12H14N2O2. The Bertz CT molecular complexity index is 436. The fourth-order valence-electron chi connectivity index (χ4n) is 1.86. The van der Waals surface area contributed by atoms with Crippen molar-refractivity contribution >= 4 is 23.2 Å². The molecule has 16 heavy (non-hydrogen) atoms. The topological polar surface area (TPSA) is 63.4 Å². The first kappa shape index (κ1) is 10.7. The monoisotopic (exact) mass is 218 g/mol. The Morgan fingerprint density at radius 2 is 1.69 bits per heavy atom. The van der Waals surface area contributed by atoms with E-state index in [9.17, 15) is 9.59 Å². The molecule has 2 amide bonds. The van der Waals surface area contributed by atoms with Crippen LogP contribution in [0.5, 0.6) is 0 Å². The smallest absolute Gasteiger partial charge is 0.237 e. The van der Waals surface area contributed by atoms with Crippen LogP contribution in [0.1, 0.15) is 13.8 Å². The van der Waals surface area contributed by atoms with Gasteiger partial charge in [-0.3, -0.25) is 9.59 Å². The predicted molar refractivity (Wildman–Crippen MR) is 61.7 cm³/mol. The number of carbonyl (C=O) groups is 2. The average molecular weight is 218 g/mol. The molecule has 2 atom stereocenters. The number of anilines is 2. The maximum absolute atomic E-state index is 11.9. The lowest BCUT2D eigenvalue weighted by Gasteiger charge is -2.14. The van der Waals surface area contributed by atoms with E-state index >= 15 is 0 Å². The van der Waals surface area contributed by atoms with E-state index < -0.39 is 0 Å². The number of nitrogen functional groups attached to an aromatic ring is 1. The zero-order valence-corrected chi connectivity index (χ0v) is 9.31. The number of hydrogen-bond donors (Lipinski definition) is 1. The van der Waals surface area contributed by atoms with Crippen molar-refractivity contribution in [1.29, 1.82) is 0 Å². The molecule has 1 aromatic rings.